The number of hydrogen-bond acceptors (Lipinski definition) is 3. The first-order valence-electron chi connectivity index (χ1n) is 5.82. The van der Waals surface area contributed by atoms with E-state index in [0.717, 1.165) is 35.8 Å². The zero-order valence-electron chi connectivity index (χ0n) is 9.62. The fraction of sp³-hybridized carbons (Fsp3) is 0.308. The summed E-state index contributed by atoms with van der Waals surface area (Å²) in [4.78, 5) is 5.85. The van der Waals surface area contributed by atoms with Crippen LogP contribution in [0.5, 0.6) is 0 Å². The van der Waals surface area contributed by atoms with Gasteiger partial charge in [-0.1, -0.05) is 24.3 Å². The van der Waals surface area contributed by atoms with Crippen LogP contribution in [-0.4, -0.2) is 11.5 Å². The molecule has 5 heteroatoms. The van der Waals surface area contributed by atoms with E-state index >= 15 is 0 Å². The molecule has 1 aromatic heterocycles. The third-order valence-corrected chi connectivity index (χ3v) is 4.16. The van der Waals surface area contributed by atoms with Crippen molar-refractivity contribution in [3.63, 3.8) is 0 Å². The summed E-state index contributed by atoms with van der Waals surface area (Å²) >= 11 is 1.64. The number of fused-ring (bicyclic) bond motifs is 1. The normalized spacial score (nSPS) is 14.8. The molecule has 0 atom stereocenters. The number of hydrogen-bond donors (Lipinski definition) is 1. The van der Waals surface area contributed by atoms with Gasteiger partial charge in [0.25, 0.3) is 6.43 Å². The molecule has 1 aliphatic rings. The Balaban J connectivity index is 1.92. The molecule has 0 amide bonds. The first-order valence-corrected chi connectivity index (χ1v) is 6.63. The molecular weight excluding hydrogens is 254 g/mol. The standard InChI is InChI=1S/C13H12F2N2S/c14-12(15)8-1-3-9(4-2-8)13-17-10-5-6-16-7-11(10)18-13/h1-4,12,16H,5-7H2. The van der Waals surface area contributed by atoms with Crippen molar-refractivity contribution in [3.05, 3.63) is 40.4 Å². The molecule has 18 heavy (non-hydrogen) atoms. The Morgan fingerprint density at radius 3 is 2.67 bits per heavy atom. The van der Waals surface area contributed by atoms with Crippen molar-refractivity contribution in [2.75, 3.05) is 6.54 Å². The largest absolute Gasteiger partial charge is 0.311 e. The second-order valence-electron chi connectivity index (χ2n) is 4.24. The number of rotatable bonds is 2. The highest BCUT2D eigenvalue weighted by molar-refractivity contribution is 7.15. The summed E-state index contributed by atoms with van der Waals surface area (Å²) < 4.78 is 24.9. The lowest BCUT2D eigenvalue weighted by molar-refractivity contribution is 0.151. The molecule has 3 rings (SSSR count). The molecule has 2 heterocycles. The van der Waals surface area contributed by atoms with E-state index in [0.29, 0.717) is 0 Å². The van der Waals surface area contributed by atoms with E-state index in [4.69, 9.17) is 0 Å². The van der Waals surface area contributed by atoms with Gasteiger partial charge in [0, 0.05) is 35.5 Å². The van der Waals surface area contributed by atoms with Crippen LogP contribution in [0.15, 0.2) is 24.3 Å². The maximum absolute atomic E-state index is 12.5. The Hall–Kier alpha value is -1.33. The quantitative estimate of drug-likeness (QED) is 0.901. The molecule has 0 radical (unpaired) electrons. The summed E-state index contributed by atoms with van der Waals surface area (Å²) in [6.07, 6.45) is -1.46. The molecule has 94 valence electrons. The molecule has 0 unspecified atom stereocenters. The molecule has 0 aliphatic carbocycles. The van der Waals surface area contributed by atoms with Gasteiger partial charge >= 0.3 is 0 Å². The van der Waals surface area contributed by atoms with Crippen LogP contribution in [0.1, 0.15) is 22.6 Å². The summed E-state index contributed by atoms with van der Waals surface area (Å²) in [6.45, 7) is 1.82. The second-order valence-corrected chi connectivity index (χ2v) is 5.32. The van der Waals surface area contributed by atoms with Crippen LogP contribution >= 0.6 is 11.3 Å². The summed E-state index contributed by atoms with van der Waals surface area (Å²) in [5.74, 6) is 0. The van der Waals surface area contributed by atoms with Gasteiger partial charge in [-0.25, -0.2) is 13.8 Å². The minimum absolute atomic E-state index is 0.0572. The first kappa shape index (κ1) is 11.7. The molecule has 0 spiro atoms. The van der Waals surface area contributed by atoms with Crippen LogP contribution in [0.25, 0.3) is 10.6 Å². The predicted molar refractivity (Wildman–Crippen MR) is 67.9 cm³/mol. The second kappa shape index (κ2) is 4.74. The third kappa shape index (κ3) is 2.15. The van der Waals surface area contributed by atoms with E-state index in [2.05, 4.69) is 10.3 Å². The molecule has 0 bridgehead atoms. The van der Waals surface area contributed by atoms with Crippen molar-refractivity contribution in [1.82, 2.24) is 10.3 Å². The monoisotopic (exact) mass is 266 g/mol. The molecule has 2 nitrogen and oxygen atoms in total. The maximum Gasteiger partial charge on any atom is 0.263 e. The lowest BCUT2D eigenvalue weighted by Gasteiger charge is -2.09. The third-order valence-electron chi connectivity index (χ3n) is 3.01. The zero-order chi connectivity index (χ0) is 12.5. The lowest BCUT2D eigenvalue weighted by atomic mass is 10.1. The van der Waals surface area contributed by atoms with Crippen molar-refractivity contribution < 1.29 is 8.78 Å². The van der Waals surface area contributed by atoms with Gasteiger partial charge in [-0.05, 0) is 0 Å². The van der Waals surface area contributed by atoms with E-state index < -0.39 is 6.43 Å². The Morgan fingerprint density at radius 2 is 2.00 bits per heavy atom. The summed E-state index contributed by atoms with van der Waals surface area (Å²) in [5.41, 5.74) is 2.12. The number of halogens is 2. The molecule has 0 saturated heterocycles. The number of aromatic nitrogens is 1. The van der Waals surface area contributed by atoms with Gasteiger partial charge in [0.1, 0.15) is 5.01 Å². The van der Waals surface area contributed by atoms with Crippen molar-refractivity contribution in [2.45, 2.75) is 19.4 Å². The Kier molecular flexibility index (Phi) is 3.09. The SMILES string of the molecule is FC(F)c1ccc(-c2nc3c(s2)CNCC3)cc1. The molecule has 1 N–H and O–H groups in total. The van der Waals surface area contributed by atoms with Gasteiger partial charge in [-0.3, -0.25) is 0 Å². The number of thiazole rings is 1. The van der Waals surface area contributed by atoms with Gasteiger partial charge in [-0.15, -0.1) is 11.3 Å². The van der Waals surface area contributed by atoms with Gasteiger partial charge < -0.3 is 5.32 Å². The fourth-order valence-electron chi connectivity index (χ4n) is 2.02. The minimum Gasteiger partial charge on any atom is -0.311 e. The van der Waals surface area contributed by atoms with E-state index in [1.807, 2.05) is 0 Å². The summed E-state index contributed by atoms with van der Waals surface area (Å²) in [6, 6.07) is 6.38. The maximum atomic E-state index is 12.5. The van der Waals surface area contributed by atoms with Crippen LogP contribution < -0.4 is 5.32 Å². The van der Waals surface area contributed by atoms with Gasteiger partial charge in [0.05, 0.1) is 5.69 Å². The fourth-order valence-corrected chi connectivity index (χ4v) is 3.10. The summed E-state index contributed by atoms with van der Waals surface area (Å²) in [7, 11) is 0. The van der Waals surface area contributed by atoms with Crippen LogP contribution in [0.3, 0.4) is 0 Å². The Bertz CT molecular complexity index is 525. The molecule has 0 fully saturated rings. The van der Waals surface area contributed by atoms with E-state index in [9.17, 15) is 8.78 Å². The number of benzene rings is 1. The zero-order valence-corrected chi connectivity index (χ0v) is 10.4. The van der Waals surface area contributed by atoms with Crippen molar-refractivity contribution in [2.24, 2.45) is 0 Å². The van der Waals surface area contributed by atoms with Gasteiger partial charge in [0.2, 0.25) is 0 Å². The van der Waals surface area contributed by atoms with E-state index in [1.54, 1.807) is 23.5 Å². The number of alkyl halides is 2. The molecule has 1 aromatic carbocycles. The van der Waals surface area contributed by atoms with Crippen LogP contribution in [0.2, 0.25) is 0 Å². The molecule has 1 aliphatic heterocycles. The van der Waals surface area contributed by atoms with Crippen LogP contribution in [0.4, 0.5) is 8.78 Å². The van der Waals surface area contributed by atoms with Gasteiger partial charge in [0.15, 0.2) is 0 Å². The Labute approximate surface area is 108 Å². The van der Waals surface area contributed by atoms with E-state index in [1.165, 1.54) is 17.0 Å². The highest BCUT2D eigenvalue weighted by Crippen LogP contribution is 2.30. The van der Waals surface area contributed by atoms with Gasteiger partial charge in [-0.2, -0.15) is 0 Å². The minimum atomic E-state index is -2.41. The lowest BCUT2D eigenvalue weighted by Crippen LogP contribution is -2.22. The predicted octanol–water partition coefficient (Wildman–Crippen LogP) is 3.39. The number of nitrogens with zero attached hydrogens (tertiary/aromatic N) is 1. The van der Waals surface area contributed by atoms with Crippen LogP contribution in [-0.2, 0) is 13.0 Å². The number of nitrogens with one attached hydrogen (secondary N) is 1. The average Bonchev–Trinajstić information content (AvgIpc) is 2.82. The van der Waals surface area contributed by atoms with Crippen molar-refractivity contribution >= 4 is 11.3 Å². The van der Waals surface area contributed by atoms with E-state index in [-0.39, 0.29) is 5.56 Å². The highest BCUT2D eigenvalue weighted by Gasteiger charge is 2.16. The van der Waals surface area contributed by atoms with Crippen molar-refractivity contribution in [3.8, 4) is 10.6 Å². The Morgan fingerprint density at radius 1 is 1.22 bits per heavy atom. The molecular formula is C13H12F2N2S. The molecule has 2 aromatic rings. The smallest absolute Gasteiger partial charge is 0.263 e. The average molecular weight is 266 g/mol. The first-order chi connectivity index (χ1) is 8.74. The topological polar surface area (TPSA) is 24.9 Å². The van der Waals surface area contributed by atoms with Crippen LogP contribution in [0, 0.1) is 0 Å². The van der Waals surface area contributed by atoms with Crippen molar-refractivity contribution in [1.29, 1.82) is 0 Å². The molecule has 0 saturated carbocycles. The summed E-state index contributed by atoms with van der Waals surface area (Å²) in [5, 5.41) is 4.22. The highest BCUT2D eigenvalue weighted by atomic mass is 32.1.